The Morgan fingerprint density at radius 2 is 2.28 bits per heavy atom. The van der Waals surface area contributed by atoms with Crippen LogP contribution < -0.4 is 0 Å². The molecular weight excluding hydrogens is 260 g/mol. The SMILES string of the molecule is O=C(O)c1cnc2ccc(Cl)c(-c3nnn[nH]3)n12. The number of rotatable bonds is 2. The molecule has 0 aliphatic carbocycles. The van der Waals surface area contributed by atoms with Gasteiger partial charge in [-0.1, -0.05) is 11.6 Å². The molecule has 0 saturated carbocycles. The third-order valence-electron chi connectivity index (χ3n) is 2.41. The van der Waals surface area contributed by atoms with Gasteiger partial charge in [-0.3, -0.25) is 4.40 Å². The molecule has 0 spiro atoms. The standard InChI is InChI=1S/C9H5ClN6O2/c10-4-1-2-6-11-3-5(9(17)18)16(6)7(4)8-12-14-15-13-8/h1-3H,(H,17,18)(H,12,13,14,15). The molecule has 0 fully saturated rings. The van der Waals surface area contributed by atoms with Crippen LogP contribution in [-0.2, 0) is 0 Å². The number of carboxylic acids is 1. The highest BCUT2D eigenvalue weighted by atomic mass is 35.5. The van der Waals surface area contributed by atoms with Crippen molar-refractivity contribution in [2.45, 2.75) is 0 Å². The number of halogens is 1. The Morgan fingerprint density at radius 1 is 1.44 bits per heavy atom. The summed E-state index contributed by atoms with van der Waals surface area (Å²) in [6.45, 7) is 0. The Balaban J connectivity index is 2.44. The summed E-state index contributed by atoms with van der Waals surface area (Å²) >= 11 is 6.07. The molecule has 0 unspecified atom stereocenters. The van der Waals surface area contributed by atoms with Crippen molar-refractivity contribution in [3.05, 3.63) is 29.0 Å². The van der Waals surface area contributed by atoms with Crippen LogP contribution >= 0.6 is 11.6 Å². The summed E-state index contributed by atoms with van der Waals surface area (Å²) < 4.78 is 1.38. The van der Waals surface area contributed by atoms with Crippen molar-refractivity contribution < 1.29 is 9.90 Å². The van der Waals surface area contributed by atoms with Crippen molar-refractivity contribution in [3.63, 3.8) is 0 Å². The van der Waals surface area contributed by atoms with Crippen LogP contribution in [0, 0.1) is 0 Å². The Bertz CT molecular complexity index is 735. The van der Waals surface area contributed by atoms with Gasteiger partial charge in [0.05, 0.1) is 11.2 Å². The highest BCUT2D eigenvalue weighted by Crippen LogP contribution is 2.26. The number of pyridine rings is 1. The number of hydrogen-bond donors (Lipinski definition) is 2. The first kappa shape index (κ1) is 10.7. The highest BCUT2D eigenvalue weighted by Gasteiger charge is 2.18. The van der Waals surface area contributed by atoms with Gasteiger partial charge in [-0.2, -0.15) is 0 Å². The molecule has 2 N–H and O–H groups in total. The lowest BCUT2D eigenvalue weighted by atomic mass is 10.3. The lowest BCUT2D eigenvalue weighted by Gasteiger charge is -2.05. The predicted octanol–water partition coefficient (Wildman–Crippen LogP) is 0.866. The van der Waals surface area contributed by atoms with E-state index in [1.165, 1.54) is 10.6 Å². The van der Waals surface area contributed by atoms with E-state index in [0.29, 0.717) is 16.4 Å². The van der Waals surface area contributed by atoms with Crippen molar-refractivity contribution >= 4 is 23.2 Å². The molecule has 0 aromatic carbocycles. The minimum Gasteiger partial charge on any atom is -0.477 e. The van der Waals surface area contributed by atoms with Gasteiger partial charge in [-0.15, -0.1) is 5.10 Å². The molecule has 18 heavy (non-hydrogen) atoms. The fourth-order valence-corrected chi connectivity index (χ4v) is 1.92. The summed E-state index contributed by atoms with van der Waals surface area (Å²) in [4.78, 5) is 15.1. The molecule has 0 bridgehead atoms. The summed E-state index contributed by atoms with van der Waals surface area (Å²) in [5.41, 5.74) is 0.788. The number of carboxylic acid groups (broad SMARTS) is 1. The largest absolute Gasteiger partial charge is 0.477 e. The average molecular weight is 265 g/mol. The van der Waals surface area contributed by atoms with Crippen LogP contribution in [0.5, 0.6) is 0 Å². The molecule has 9 heteroatoms. The van der Waals surface area contributed by atoms with Crippen LogP contribution in [-0.4, -0.2) is 41.1 Å². The quantitative estimate of drug-likeness (QED) is 0.711. The van der Waals surface area contributed by atoms with Crippen LogP contribution in [0.4, 0.5) is 0 Å². The number of carbonyl (C=O) groups is 1. The van der Waals surface area contributed by atoms with Crippen LogP contribution in [0.25, 0.3) is 17.2 Å². The number of tetrazole rings is 1. The molecule has 90 valence electrons. The lowest BCUT2D eigenvalue weighted by molar-refractivity contribution is 0.0689. The molecule has 3 aromatic rings. The van der Waals surface area contributed by atoms with E-state index >= 15 is 0 Å². The topological polar surface area (TPSA) is 109 Å². The number of aromatic carboxylic acids is 1. The molecule has 0 radical (unpaired) electrons. The van der Waals surface area contributed by atoms with Crippen molar-refractivity contribution in [1.29, 1.82) is 0 Å². The van der Waals surface area contributed by atoms with Crippen molar-refractivity contribution in [2.24, 2.45) is 0 Å². The van der Waals surface area contributed by atoms with Gasteiger partial charge in [-0.25, -0.2) is 14.9 Å². The van der Waals surface area contributed by atoms with Gasteiger partial charge in [0, 0.05) is 0 Å². The summed E-state index contributed by atoms with van der Waals surface area (Å²) in [5, 5.41) is 22.6. The van der Waals surface area contributed by atoms with Gasteiger partial charge in [0.2, 0.25) is 0 Å². The van der Waals surface area contributed by atoms with Gasteiger partial charge in [0.15, 0.2) is 11.5 Å². The molecule has 0 aliphatic heterocycles. The second-order valence-corrected chi connectivity index (χ2v) is 3.83. The van der Waals surface area contributed by atoms with Crippen LogP contribution in [0.15, 0.2) is 18.3 Å². The van der Waals surface area contributed by atoms with Gasteiger partial charge < -0.3 is 5.11 Å². The van der Waals surface area contributed by atoms with Crippen LogP contribution in [0.3, 0.4) is 0 Å². The maximum absolute atomic E-state index is 11.1. The minimum atomic E-state index is -1.11. The predicted molar refractivity (Wildman–Crippen MR) is 60.3 cm³/mol. The normalized spacial score (nSPS) is 10.9. The molecule has 8 nitrogen and oxygen atoms in total. The monoisotopic (exact) mass is 264 g/mol. The maximum atomic E-state index is 11.1. The second kappa shape index (κ2) is 3.77. The van der Waals surface area contributed by atoms with Crippen LogP contribution in [0.1, 0.15) is 10.5 Å². The molecule has 0 atom stereocenters. The Hall–Kier alpha value is -2.48. The maximum Gasteiger partial charge on any atom is 0.354 e. The molecule has 3 aromatic heterocycles. The fourth-order valence-electron chi connectivity index (χ4n) is 1.68. The summed E-state index contributed by atoms with van der Waals surface area (Å²) in [7, 11) is 0. The number of aromatic amines is 1. The van der Waals surface area contributed by atoms with Crippen molar-refractivity contribution in [2.75, 3.05) is 0 Å². The summed E-state index contributed by atoms with van der Waals surface area (Å²) in [6.07, 6.45) is 1.25. The van der Waals surface area contributed by atoms with E-state index in [0.717, 1.165) is 0 Å². The number of imidazole rings is 1. The molecule has 0 saturated heterocycles. The lowest BCUT2D eigenvalue weighted by Crippen LogP contribution is -2.05. The number of nitrogens with zero attached hydrogens (tertiary/aromatic N) is 5. The van der Waals surface area contributed by atoms with E-state index in [2.05, 4.69) is 25.6 Å². The van der Waals surface area contributed by atoms with Gasteiger partial charge >= 0.3 is 5.97 Å². The first-order chi connectivity index (χ1) is 8.68. The van der Waals surface area contributed by atoms with E-state index in [1.807, 2.05) is 0 Å². The minimum absolute atomic E-state index is 0.0149. The zero-order valence-electron chi connectivity index (χ0n) is 8.70. The zero-order chi connectivity index (χ0) is 12.7. The van der Waals surface area contributed by atoms with Crippen molar-refractivity contribution in [3.8, 4) is 11.5 Å². The Morgan fingerprint density at radius 3 is 2.94 bits per heavy atom. The van der Waals surface area contributed by atoms with E-state index in [9.17, 15) is 4.79 Å². The summed E-state index contributed by atoms with van der Waals surface area (Å²) in [6, 6.07) is 3.22. The highest BCUT2D eigenvalue weighted by molar-refractivity contribution is 6.33. The summed E-state index contributed by atoms with van der Waals surface area (Å²) in [5.74, 6) is -0.843. The van der Waals surface area contributed by atoms with E-state index < -0.39 is 5.97 Å². The first-order valence-electron chi connectivity index (χ1n) is 4.82. The van der Waals surface area contributed by atoms with Gasteiger partial charge in [-0.05, 0) is 22.6 Å². The number of fused-ring (bicyclic) bond motifs is 1. The van der Waals surface area contributed by atoms with E-state index in [-0.39, 0.29) is 11.5 Å². The number of aromatic nitrogens is 6. The third kappa shape index (κ3) is 1.43. The fraction of sp³-hybridized carbons (Fsp3) is 0. The van der Waals surface area contributed by atoms with Gasteiger partial charge in [0.1, 0.15) is 11.3 Å². The Labute approximate surface area is 104 Å². The second-order valence-electron chi connectivity index (χ2n) is 3.42. The van der Waals surface area contributed by atoms with Crippen LogP contribution in [0.2, 0.25) is 5.02 Å². The zero-order valence-corrected chi connectivity index (χ0v) is 9.46. The van der Waals surface area contributed by atoms with Gasteiger partial charge in [0.25, 0.3) is 0 Å². The number of H-pyrrole nitrogens is 1. The van der Waals surface area contributed by atoms with E-state index in [4.69, 9.17) is 16.7 Å². The molecular formula is C9H5ClN6O2. The number of hydrogen-bond acceptors (Lipinski definition) is 5. The smallest absolute Gasteiger partial charge is 0.354 e. The van der Waals surface area contributed by atoms with Crippen molar-refractivity contribution in [1.82, 2.24) is 30.0 Å². The third-order valence-corrected chi connectivity index (χ3v) is 2.71. The number of nitrogens with one attached hydrogen (secondary N) is 1. The van der Waals surface area contributed by atoms with E-state index in [1.54, 1.807) is 12.1 Å². The Kier molecular flexibility index (Phi) is 2.23. The molecule has 0 amide bonds. The molecule has 0 aliphatic rings. The average Bonchev–Trinajstić information content (AvgIpc) is 2.96. The first-order valence-corrected chi connectivity index (χ1v) is 5.19. The molecule has 3 rings (SSSR count). The molecule has 3 heterocycles.